The summed E-state index contributed by atoms with van der Waals surface area (Å²) in [7, 11) is 0. The lowest BCUT2D eigenvalue weighted by molar-refractivity contribution is 1.25. The summed E-state index contributed by atoms with van der Waals surface area (Å²) in [6.07, 6.45) is 0. The van der Waals surface area contributed by atoms with Gasteiger partial charge in [0.05, 0.1) is 33.1 Å². The van der Waals surface area contributed by atoms with Gasteiger partial charge < -0.3 is 18.6 Å². The maximum Gasteiger partial charge on any atom is 0.252 e. The van der Waals surface area contributed by atoms with E-state index >= 15 is 0 Å². The Balaban J connectivity index is 0.870. The first kappa shape index (κ1) is 37.6. The van der Waals surface area contributed by atoms with Crippen molar-refractivity contribution in [2.24, 2.45) is 0 Å². The first-order valence-corrected chi connectivity index (χ1v) is 24.7. The SMILES string of the molecule is c1ccc(N2c3cc(-c4ccc5c(c4)c4cccc6c7ccccc7n5c64)ccc3B3c4ccc(-c5ccc6c(c5)c5cccc7c8ccccc8n6c75)cc4N(c4ccccc4)c4cccc2c43)cc1. The molecule has 6 heterocycles. The highest BCUT2D eigenvalue weighted by Crippen LogP contribution is 2.47. The Morgan fingerprint density at radius 2 is 0.620 bits per heavy atom. The summed E-state index contributed by atoms with van der Waals surface area (Å²) >= 11 is 0. The summed E-state index contributed by atoms with van der Waals surface area (Å²) in [5.41, 5.74) is 23.4. The molecule has 0 saturated carbocycles. The standard InChI is InChI=1S/C66H39BN4/c1-3-14-44(15-4-1)68-60-26-13-27-61-64(60)67(54-32-28-42(38-62(54)68)40-30-34-58-52(36-40)50-22-11-20-48-46-18-7-9-24-56(46)70(58)65(48)50)55-33-29-43(39-63(55)69(61)45-16-5-2-6-17-45)41-31-35-59-53(37-41)51-23-12-21-49-47-19-8-10-25-57(47)71(59)66(49)51/h1-39H. The van der Waals surface area contributed by atoms with E-state index in [-0.39, 0.29) is 6.71 Å². The lowest BCUT2D eigenvalue weighted by Crippen LogP contribution is -2.61. The van der Waals surface area contributed by atoms with Gasteiger partial charge in [-0.15, -0.1) is 0 Å². The number of para-hydroxylation sites is 6. The van der Waals surface area contributed by atoms with Crippen LogP contribution < -0.4 is 26.2 Å². The van der Waals surface area contributed by atoms with Gasteiger partial charge in [0.1, 0.15) is 0 Å². The van der Waals surface area contributed by atoms with E-state index in [9.17, 15) is 0 Å². The fourth-order valence-corrected chi connectivity index (χ4v) is 13.2. The Morgan fingerprint density at radius 3 is 1.10 bits per heavy atom. The molecule has 71 heavy (non-hydrogen) atoms. The minimum atomic E-state index is 0.00262. The zero-order valence-electron chi connectivity index (χ0n) is 38.4. The molecule has 0 bridgehead atoms. The van der Waals surface area contributed by atoms with Gasteiger partial charge in [0.15, 0.2) is 0 Å². The Kier molecular flexibility index (Phi) is 7.26. The molecule has 5 heteroatoms. The smallest absolute Gasteiger partial charge is 0.252 e. The van der Waals surface area contributed by atoms with Crippen LogP contribution in [-0.4, -0.2) is 15.5 Å². The highest BCUT2D eigenvalue weighted by atomic mass is 15.2. The van der Waals surface area contributed by atoms with Crippen molar-refractivity contribution < 1.29 is 0 Å². The second-order valence-electron chi connectivity index (χ2n) is 19.6. The Morgan fingerprint density at radius 1 is 0.254 bits per heavy atom. The van der Waals surface area contributed by atoms with Gasteiger partial charge in [-0.1, -0.05) is 152 Å². The van der Waals surface area contributed by atoms with Gasteiger partial charge in [0, 0.05) is 77.2 Å². The molecule has 0 saturated heterocycles. The fourth-order valence-electron chi connectivity index (χ4n) is 13.2. The average molecular weight is 899 g/mol. The number of hydrogen-bond acceptors (Lipinski definition) is 2. The van der Waals surface area contributed by atoms with Crippen LogP contribution in [0, 0.1) is 0 Å². The van der Waals surface area contributed by atoms with Gasteiger partial charge in [-0.3, -0.25) is 0 Å². The summed E-state index contributed by atoms with van der Waals surface area (Å²) in [5.74, 6) is 0. The normalized spacial score (nSPS) is 13.3. The van der Waals surface area contributed by atoms with Crippen LogP contribution in [0.5, 0.6) is 0 Å². The van der Waals surface area contributed by atoms with Gasteiger partial charge in [0.25, 0.3) is 6.71 Å². The molecule has 2 aliphatic rings. The second kappa shape index (κ2) is 13.7. The van der Waals surface area contributed by atoms with Crippen molar-refractivity contribution >= 4 is 133 Å². The van der Waals surface area contributed by atoms with Gasteiger partial charge in [-0.25, -0.2) is 0 Å². The monoisotopic (exact) mass is 898 g/mol. The minimum Gasteiger partial charge on any atom is -0.311 e. The molecule has 0 atom stereocenters. The van der Waals surface area contributed by atoms with Crippen LogP contribution >= 0.6 is 0 Å². The van der Waals surface area contributed by atoms with E-state index in [2.05, 4.69) is 255 Å². The quantitative estimate of drug-likeness (QED) is 0.164. The average Bonchev–Trinajstić information content (AvgIpc) is 4.18. The fraction of sp³-hybridized carbons (Fsp3) is 0. The first-order valence-electron chi connectivity index (χ1n) is 24.7. The molecule has 0 aliphatic carbocycles. The van der Waals surface area contributed by atoms with E-state index in [0.29, 0.717) is 0 Å². The number of hydrogen-bond donors (Lipinski definition) is 0. The Labute approximate surface area is 408 Å². The van der Waals surface area contributed by atoms with Crippen molar-refractivity contribution in [3.8, 4) is 22.3 Å². The molecule has 0 N–H and O–H groups in total. The Bertz CT molecular complexity index is 4430. The van der Waals surface area contributed by atoms with Gasteiger partial charge in [-0.2, -0.15) is 0 Å². The van der Waals surface area contributed by atoms with Crippen molar-refractivity contribution in [3.63, 3.8) is 0 Å². The summed E-state index contributed by atoms with van der Waals surface area (Å²) in [4.78, 5) is 5.01. The Hall–Kier alpha value is -9.32. The molecule has 0 radical (unpaired) electrons. The molecule has 11 aromatic carbocycles. The molecule has 0 unspecified atom stereocenters. The predicted octanol–water partition coefficient (Wildman–Crippen LogP) is 15.4. The van der Waals surface area contributed by atoms with Crippen molar-refractivity contribution in [1.82, 2.24) is 8.80 Å². The van der Waals surface area contributed by atoms with Crippen LogP contribution in [-0.2, 0) is 0 Å². The van der Waals surface area contributed by atoms with E-state index in [1.165, 1.54) is 138 Å². The van der Waals surface area contributed by atoms with Gasteiger partial charge in [-0.05, 0) is 124 Å². The lowest BCUT2D eigenvalue weighted by Gasteiger charge is -2.44. The van der Waals surface area contributed by atoms with Crippen LogP contribution in [0.4, 0.5) is 34.1 Å². The van der Waals surface area contributed by atoms with E-state index in [1.807, 2.05) is 0 Å². The van der Waals surface area contributed by atoms with Crippen LogP contribution in [0.15, 0.2) is 237 Å². The summed E-state index contributed by atoms with van der Waals surface area (Å²) < 4.78 is 4.93. The van der Waals surface area contributed by atoms with Crippen molar-refractivity contribution in [1.29, 1.82) is 0 Å². The highest BCUT2D eigenvalue weighted by molar-refractivity contribution is 7.00. The second-order valence-corrected chi connectivity index (χ2v) is 19.6. The summed E-state index contributed by atoms with van der Waals surface area (Å²) in [6.45, 7) is 0.00262. The third-order valence-corrected chi connectivity index (χ3v) is 16.1. The molecule has 0 spiro atoms. The molecular formula is C66H39BN4. The molecular weight excluding hydrogens is 860 g/mol. The number of nitrogens with zero attached hydrogens (tertiary/aromatic N) is 4. The number of anilines is 6. The molecule has 0 amide bonds. The minimum absolute atomic E-state index is 0.00262. The maximum atomic E-state index is 2.51. The summed E-state index contributed by atoms with van der Waals surface area (Å²) in [6, 6.07) is 88.6. The van der Waals surface area contributed by atoms with E-state index in [0.717, 1.165) is 11.4 Å². The van der Waals surface area contributed by atoms with Crippen LogP contribution in [0.3, 0.4) is 0 Å². The number of rotatable bonds is 4. The van der Waals surface area contributed by atoms with E-state index in [1.54, 1.807) is 0 Å². The first-order chi connectivity index (χ1) is 35.2. The lowest BCUT2D eigenvalue weighted by atomic mass is 9.33. The van der Waals surface area contributed by atoms with Gasteiger partial charge in [0.2, 0.25) is 0 Å². The molecule has 326 valence electrons. The third kappa shape index (κ3) is 4.89. The van der Waals surface area contributed by atoms with E-state index in [4.69, 9.17) is 0 Å². The summed E-state index contributed by atoms with van der Waals surface area (Å²) in [5, 5.41) is 10.4. The highest BCUT2D eigenvalue weighted by Gasteiger charge is 2.43. The van der Waals surface area contributed by atoms with Crippen molar-refractivity contribution in [2.45, 2.75) is 0 Å². The molecule has 4 nitrogen and oxygen atoms in total. The molecule has 15 aromatic rings. The zero-order valence-corrected chi connectivity index (χ0v) is 38.4. The molecule has 17 rings (SSSR count). The van der Waals surface area contributed by atoms with Gasteiger partial charge >= 0.3 is 0 Å². The molecule has 2 aliphatic heterocycles. The van der Waals surface area contributed by atoms with Crippen molar-refractivity contribution in [2.75, 3.05) is 9.80 Å². The van der Waals surface area contributed by atoms with Crippen LogP contribution in [0.2, 0.25) is 0 Å². The number of benzene rings is 11. The predicted molar refractivity (Wildman–Crippen MR) is 301 cm³/mol. The number of fused-ring (bicyclic) bond motifs is 16. The third-order valence-electron chi connectivity index (χ3n) is 16.1. The maximum absolute atomic E-state index is 2.51. The topological polar surface area (TPSA) is 15.3 Å². The molecule has 4 aromatic heterocycles. The number of aromatic nitrogens is 2. The van der Waals surface area contributed by atoms with Crippen molar-refractivity contribution in [3.05, 3.63) is 237 Å². The molecule has 0 fully saturated rings. The van der Waals surface area contributed by atoms with Crippen LogP contribution in [0.25, 0.3) is 98.4 Å². The largest absolute Gasteiger partial charge is 0.311 e. The van der Waals surface area contributed by atoms with Crippen LogP contribution in [0.1, 0.15) is 0 Å². The van der Waals surface area contributed by atoms with E-state index < -0.39 is 0 Å². The zero-order chi connectivity index (χ0) is 46.1.